The number of ether oxygens (including phenoxy) is 2. The van der Waals surface area contributed by atoms with Gasteiger partial charge in [-0.2, -0.15) is 0 Å². The van der Waals surface area contributed by atoms with Gasteiger partial charge < -0.3 is 19.7 Å². The molecule has 7 nitrogen and oxygen atoms in total. The van der Waals surface area contributed by atoms with Gasteiger partial charge >= 0.3 is 11.9 Å². The third kappa shape index (κ3) is 6.19. The Hall–Kier alpha value is -2.15. The highest BCUT2D eigenvalue weighted by Gasteiger charge is 2.44. The SMILES string of the molecule is CC(O)CCCCCCCC[C@]1(C)C=C/C(=C2/C(=O)O[C@@H](CC(=O)O)C2=O)O1. The lowest BCUT2D eigenvalue weighted by atomic mass is 9.97. The largest absolute Gasteiger partial charge is 0.482 e. The second kappa shape index (κ2) is 9.87. The minimum Gasteiger partial charge on any atom is -0.482 e. The van der Waals surface area contributed by atoms with Crippen molar-refractivity contribution in [2.45, 2.75) is 89.4 Å². The number of hydrogen-bond donors (Lipinski definition) is 2. The molecule has 2 N–H and O–H groups in total. The Morgan fingerprint density at radius 2 is 1.82 bits per heavy atom. The first kappa shape index (κ1) is 22.1. The van der Waals surface area contributed by atoms with E-state index < -0.39 is 35.8 Å². The standard InChI is InChI=1S/C21H30O7/c1-14(22)9-7-5-3-4-6-8-11-21(2)12-10-15(28-21)18-19(25)16(13-17(23)24)27-20(18)26/h10,12,14,16,22H,3-9,11,13H2,1-2H3,(H,23,24)/b18-15-/t14?,16-,21+/m0/s1. The third-order valence-electron chi connectivity index (χ3n) is 5.07. The Morgan fingerprint density at radius 3 is 2.46 bits per heavy atom. The van der Waals surface area contributed by atoms with Crippen molar-refractivity contribution >= 4 is 17.7 Å². The van der Waals surface area contributed by atoms with E-state index >= 15 is 0 Å². The van der Waals surface area contributed by atoms with E-state index in [1.54, 1.807) is 6.08 Å². The molecule has 0 amide bonds. The average molecular weight is 394 g/mol. The van der Waals surface area contributed by atoms with Crippen molar-refractivity contribution in [3.63, 3.8) is 0 Å². The van der Waals surface area contributed by atoms with E-state index in [1.807, 2.05) is 19.9 Å². The molecule has 1 unspecified atom stereocenters. The number of aliphatic hydroxyl groups excluding tert-OH is 1. The highest BCUT2D eigenvalue weighted by Crippen LogP contribution is 2.35. The van der Waals surface area contributed by atoms with E-state index in [4.69, 9.17) is 14.6 Å². The van der Waals surface area contributed by atoms with Gasteiger partial charge in [-0.15, -0.1) is 0 Å². The molecule has 1 fully saturated rings. The molecular weight excluding hydrogens is 364 g/mol. The number of carboxylic acid groups (broad SMARTS) is 1. The van der Waals surface area contributed by atoms with Crippen molar-refractivity contribution in [1.29, 1.82) is 0 Å². The number of aliphatic hydroxyl groups is 1. The zero-order chi connectivity index (χ0) is 20.7. The van der Waals surface area contributed by atoms with E-state index in [2.05, 4.69) is 0 Å². The van der Waals surface area contributed by atoms with Crippen LogP contribution in [0, 0.1) is 0 Å². The summed E-state index contributed by atoms with van der Waals surface area (Å²) in [6.45, 7) is 3.71. The fourth-order valence-corrected chi connectivity index (χ4v) is 3.48. The highest BCUT2D eigenvalue weighted by molar-refractivity contribution is 6.24. The lowest BCUT2D eigenvalue weighted by Gasteiger charge is -2.23. The maximum Gasteiger partial charge on any atom is 0.346 e. The fraction of sp³-hybridized carbons (Fsp3) is 0.667. The molecule has 0 bridgehead atoms. The highest BCUT2D eigenvalue weighted by atomic mass is 16.6. The molecule has 1 saturated heterocycles. The summed E-state index contributed by atoms with van der Waals surface area (Å²) in [6, 6.07) is 0. The second-order valence-electron chi connectivity index (χ2n) is 7.85. The van der Waals surface area contributed by atoms with Crippen LogP contribution in [0.3, 0.4) is 0 Å². The van der Waals surface area contributed by atoms with Gasteiger partial charge in [0.2, 0.25) is 5.78 Å². The Labute approximate surface area is 165 Å². The average Bonchev–Trinajstić information content (AvgIpc) is 3.10. The summed E-state index contributed by atoms with van der Waals surface area (Å²) in [5, 5.41) is 18.0. The van der Waals surface area contributed by atoms with E-state index in [1.165, 1.54) is 0 Å². The summed E-state index contributed by atoms with van der Waals surface area (Å²) in [6.07, 6.45) is 9.46. The molecule has 7 heteroatoms. The van der Waals surface area contributed by atoms with Gasteiger partial charge in [0.1, 0.15) is 16.9 Å². The van der Waals surface area contributed by atoms with Crippen LogP contribution in [-0.2, 0) is 23.9 Å². The molecule has 28 heavy (non-hydrogen) atoms. The first-order chi connectivity index (χ1) is 13.2. The van der Waals surface area contributed by atoms with Crippen LogP contribution in [0.15, 0.2) is 23.5 Å². The van der Waals surface area contributed by atoms with Gasteiger partial charge in [-0.1, -0.05) is 32.1 Å². The van der Waals surface area contributed by atoms with Crippen LogP contribution in [0.4, 0.5) is 0 Å². The third-order valence-corrected chi connectivity index (χ3v) is 5.07. The van der Waals surface area contributed by atoms with Crippen molar-refractivity contribution in [1.82, 2.24) is 0 Å². The number of carbonyl (C=O) groups is 3. The Morgan fingerprint density at radius 1 is 1.18 bits per heavy atom. The van der Waals surface area contributed by atoms with Crippen molar-refractivity contribution in [2.75, 3.05) is 0 Å². The summed E-state index contributed by atoms with van der Waals surface area (Å²) in [4.78, 5) is 35.0. The molecule has 0 aromatic carbocycles. The summed E-state index contributed by atoms with van der Waals surface area (Å²) in [7, 11) is 0. The lowest BCUT2D eigenvalue weighted by molar-refractivity contribution is -0.147. The van der Waals surface area contributed by atoms with Crippen LogP contribution in [0.25, 0.3) is 0 Å². The number of Topliss-reactive ketones (excluding diaryl/α,β-unsaturated/α-hetero) is 1. The Bertz CT molecular complexity index is 662. The van der Waals surface area contributed by atoms with Gasteiger partial charge in [-0.25, -0.2) is 4.79 Å². The number of carbonyl (C=O) groups excluding carboxylic acids is 2. The van der Waals surface area contributed by atoms with Crippen molar-refractivity contribution < 1.29 is 34.1 Å². The normalized spacial score (nSPS) is 27.8. The molecule has 2 rings (SSSR count). The van der Waals surface area contributed by atoms with Crippen LogP contribution in [-0.4, -0.2) is 45.7 Å². The molecule has 3 atom stereocenters. The molecule has 2 aliphatic rings. The second-order valence-corrected chi connectivity index (χ2v) is 7.85. The van der Waals surface area contributed by atoms with Crippen LogP contribution in [0.5, 0.6) is 0 Å². The van der Waals surface area contributed by atoms with Crippen LogP contribution in [0.1, 0.15) is 71.6 Å². The number of rotatable bonds is 11. The number of carboxylic acids is 1. The van der Waals surface area contributed by atoms with E-state index in [9.17, 15) is 19.5 Å². The quantitative estimate of drug-likeness (QED) is 0.240. The minimum atomic E-state index is -1.27. The molecule has 0 saturated carbocycles. The minimum absolute atomic E-state index is 0.170. The van der Waals surface area contributed by atoms with Gasteiger partial charge in [0.15, 0.2) is 6.10 Å². The predicted octanol–water partition coefficient (Wildman–Crippen LogP) is 3.06. The molecule has 0 radical (unpaired) electrons. The number of hydrogen-bond acceptors (Lipinski definition) is 6. The number of esters is 1. The number of aliphatic carboxylic acids is 1. The van der Waals surface area contributed by atoms with Crippen LogP contribution in [0.2, 0.25) is 0 Å². The van der Waals surface area contributed by atoms with Crippen molar-refractivity contribution in [3.8, 4) is 0 Å². The molecule has 0 aromatic rings. The lowest BCUT2D eigenvalue weighted by Crippen LogP contribution is -2.23. The molecule has 2 heterocycles. The molecular formula is C21H30O7. The van der Waals surface area contributed by atoms with Gasteiger partial charge in [-0.05, 0) is 45.3 Å². The van der Waals surface area contributed by atoms with Gasteiger partial charge in [0.25, 0.3) is 0 Å². The summed E-state index contributed by atoms with van der Waals surface area (Å²) in [5.41, 5.74) is -0.774. The summed E-state index contributed by atoms with van der Waals surface area (Å²) in [5.74, 6) is -2.48. The maximum atomic E-state index is 12.3. The Kier molecular flexibility index (Phi) is 7.80. The van der Waals surface area contributed by atoms with Gasteiger partial charge in [0, 0.05) is 0 Å². The maximum absolute atomic E-state index is 12.3. The summed E-state index contributed by atoms with van der Waals surface area (Å²) < 4.78 is 10.8. The van der Waals surface area contributed by atoms with E-state index in [0.29, 0.717) is 0 Å². The van der Waals surface area contributed by atoms with Gasteiger partial charge in [0.05, 0.1) is 12.5 Å². The number of ketones is 1. The number of allylic oxidation sites excluding steroid dienone is 1. The zero-order valence-electron chi connectivity index (χ0n) is 16.6. The van der Waals surface area contributed by atoms with Crippen LogP contribution >= 0.6 is 0 Å². The van der Waals surface area contributed by atoms with Gasteiger partial charge in [-0.3, -0.25) is 9.59 Å². The number of unbranched alkanes of at least 4 members (excludes halogenated alkanes) is 5. The predicted molar refractivity (Wildman–Crippen MR) is 101 cm³/mol. The molecule has 0 spiro atoms. The zero-order valence-corrected chi connectivity index (χ0v) is 16.6. The monoisotopic (exact) mass is 394 g/mol. The van der Waals surface area contributed by atoms with Crippen LogP contribution < -0.4 is 0 Å². The van der Waals surface area contributed by atoms with E-state index in [-0.39, 0.29) is 17.4 Å². The topological polar surface area (TPSA) is 110 Å². The fourth-order valence-electron chi connectivity index (χ4n) is 3.48. The molecule has 156 valence electrons. The number of cyclic esters (lactones) is 1. The Balaban J connectivity index is 1.78. The molecule has 0 aromatic heterocycles. The first-order valence-electron chi connectivity index (χ1n) is 9.99. The first-order valence-corrected chi connectivity index (χ1v) is 9.99. The summed E-state index contributed by atoms with van der Waals surface area (Å²) >= 11 is 0. The van der Waals surface area contributed by atoms with Crippen molar-refractivity contribution in [2.24, 2.45) is 0 Å². The molecule has 0 aliphatic carbocycles. The smallest absolute Gasteiger partial charge is 0.346 e. The van der Waals surface area contributed by atoms with E-state index in [0.717, 1.165) is 51.4 Å². The molecule has 2 aliphatic heterocycles. The van der Waals surface area contributed by atoms with Crippen molar-refractivity contribution in [3.05, 3.63) is 23.5 Å².